The Balaban J connectivity index is 1.80. The lowest BCUT2D eigenvalue weighted by Gasteiger charge is -2.30. The molecule has 1 aromatic heterocycles. The monoisotopic (exact) mass is 398 g/mol. The summed E-state index contributed by atoms with van der Waals surface area (Å²) >= 11 is 8.04. The fourth-order valence-electron chi connectivity index (χ4n) is 3.33. The number of rotatable bonds is 9. The first-order valence-electron chi connectivity index (χ1n) is 9.55. The van der Waals surface area contributed by atoms with E-state index in [-0.39, 0.29) is 4.75 Å². The van der Waals surface area contributed by atoms with E-state index in [1.54, 1.807) is 0 Å². The highest BCUT2D eigenvalue weighted by Gasteiger charge is 2.27. The van der Waals surface area contributed by atoms with Gasteiger partial charge in [0.15, 0.2) is 0 Å². The fraction of sp³-hybridized carbons (Fsp3) is 0.348. The molecule has 0 saturated carbocycles. The van der Waals surface area contributed by atoms with Crippen LogP contribution in [0.4, 0.5) is 0 Å². The van der Waals surface area contributed by atoms with E-state index in [0.29, 0.717) is 0 Å². The first-order valence-corrected chi connectivity index (χ1v) is 10.7. The molecule has 0 N–H and O–H groups in total. The summed E-state index contributed by atoms with van der Waals surface area (Å²) in [6.45, 7) is 5.55. The zero-order valence-electron chi connectivity index (χ0n) is 16.1. The summed E-state index contributed by atoms with van der Waals surface area (Å²) in [5, 5.41) is 0.794. The summed E-state index contributed by atoms with van der Waals surface area (Å²) in [6.07, 6.45) is 10.2. The quantitative estimate of drug-likeness (QED) is 0.374. The summed E-state index contributed by atoms with van der Waals surface area (Å²) in [7, 11) is 0. The molecule has 4 heteroatoms. The van der Waals surface area contributed by atoms with Crippen molar-refractivity contribution >= 4 is 23.4 Å². The molecule has 2 nitrogen and oxygen atoms in total. The van der Waals surface area contributed by atoms with Gasteiger partial charge in [0.2, 0.25) is 0 Å². The highest BCUT2D eigenvalue weighted by Crippen LogP contribution is 2.39. The third-order valence-electron chi connectivity index (χ3n) is 4.78. The number of imidazole rings is 1. The number of benzene rings is 2. The molecule has 3 aromatic rings. The molecular formula is C23H27ClN2S. The van der Waals surface area contributed by atoms with E-state index in [0.717, 1.165) is 30.8 Å². The average molecular weight is 399 g/mol. The molecule has 0 aliphatic carbocycles. The number of aryl methyl sites for hydroxylation is 2. The normalized spacial score (nSPS) is 13.4. The molecule has 0 aliphatic heterocycles. The van der Waals surface area contributed by atoms with Gasteiger partial charge in [-0.2, -0.15) is 0 Å². The third kappa shape index (κ3) is 5.88. The molecule has 0 saturated heterocycles. The number of hydrogen-bond donors (Lipinski definition) is 0. The Morgan fingerprint density at radius 2 is 1.85 bits per heavy atom. The van der Waals surface area contributed by atoms with Crippen LogP contribution in [0.2, 0.25) is 5.02 Å². The summed E-state index contributed by atoms with van der Waals surface area (Å²) in [6, 6.07) is 17.1. The molecule has 1 heterocycles. The van der Waals surface area contributed by atoms with Crippen molar-refractivity contribution in [3.05, 3.63) is 83.4 Å². The van der Waals surface area contributed by atoms with Gasteiger partial charge in [-0.3, -0.25) is 0 Å². The van der Waals surface area contributed by atoms with E-state index in [1.165, 1.54) is 22.4 Å². The van der Waals surface area contributed by atoms with Crippen LogP contribution in [0.1, 0.15) is 37.8 Å². The van der Waals surface area contributed by atoms with Gasteiger partial charge >= 0.3 is 0 Å². The van der Waals surface area contributed by atoms with Gasteiger partial charge in [0, 0.05) is 33.6 Å². The van der Waals surface area contributed by atoms with Crippen molar-refractivity contribution in [3.63, 3.8) is 0 Å². The number of hydrogen-bond acceptors (Lipinski definition) is 2. The van der Waals surface area contributed by atoms with Crippen LogP contribution in [0.3, 0.4) is 0 Å². The highest BCUT2D eigenvalue weighted by molar-refractivity contribution is 8.00. The number of thioether (sulfide) groups is 1. The van der Waals surface area contributed by atoms with Gasteiger partial charge in [0.1, 0.15) is 0 Å². The minimum absolute atomic E-state index is 0.0736. The second-order valence-corrected chi connectivity index (χ2v) is 9.34. The minimum Gasteiger partial charge on any atom is -0.336 e. The van der Waals surface area contributed by atoms with E-state index < -0.39 is 0 Å². The molecular weight excluding hydrogens is 372 g/mol. The standard InChI is InChI=1S/C23H27ClN2S/c1-3-6-20-7-4-5-8-22(20)27-23(2,17-26-16-15-25-18-26)14-13-19-9-11-21(24)12-10-19/h4-5,7-12,15-16,18H,3,6,13-14,17H2,1-2H3. The van der Waals surface area contributed by atoms with E-state index in [4.69, 9.17) is 11.6 Å². The van der Waals surface area contributed by atoms with Crippen LogP contribution < -0.4 is 0 Å². The first-order chi connectivity index (χ1) is 13.1. The summed E-state index contributed by atoms with van der Waals surface area (Å²) in [4.78, 5) is 5.63. The van der Waals surface area contributed by atoms with Gasteiger partial charge in [0.25, 0.3) is 0 Å². The highest BCUT2D eigenvalue weighted by atomic mass is 35.5. The van der Waals surface area contributed by atoms with Crippen LogP contribution in [0.25, 0.3) is 0 Å². The molecule has 0 spiro atoms. The van der Waals surface area contributed by atoms with Crippen molar-refractivity contribution in [2.24, 2.45) is 0 Å². The third-order valence-corrected chi connectivity index (χ3v) is 6.48. The maximum atomic E-state index is 6.04. The molecule has 0 fully saturated rings. The zero-order valence-corrected chi connectivity index (χ0v) is 17.6. The van der Waals surface area contributed by atoms with Crippen LogP contribution >= 0.6 is 23.4 Å². The summed E-state index contributed by atoms with van der Waals surface area (Å²) in [5.74, 6) is 0. The molecule has 27 heavy (non-hydrogen) atoms. The topological polar surface area (TPSA) is 17.8 Å². The Hall–Kier alpha value is -1.71. The summed E-state index contributed by atoms with van der Waals surface area (Å²) in [5.41, 5.74) is 2.78. The predicted octanol–water partition coefficient (Wildman–Crippen LogP) is 6.67. The minimum atomic E-state index is 0.0736. The van der Waals surface area contributed by atoms with Crippen molar-refractivity contribution in [1.82, 2.24) is 9.55 Å². The molecule has 1 atom stereocenters. The van der Waals surface area contributed by atoms with Crippen molar-refractivity contribution < 1.29 is 0 Å². The van der Waals surface area contributed by atoms with Gasteiger partial charge in [-0.25, -0.2) is 4.98 Å². The zero-order chi connectivity index (χ0) is 19.1. The second-order valence-electron chi connectivity index (χ2n) is 7.27. The van der Waals surface area contributed by atoms with Crippen molar-refractivity contribution in [2.45, 2.75) is 55.7 Å². The average Bonchev–Trinajstić information content (AvgIpc) is 3.16. The SMILES string of the molecule is CCCc1ccccc1SC(C)(CCc1ccc(Cl)cc1)Cn1ccnc1. The Morgan fingerprint density at radius 1 is 1.07 bits per heavy atom. The number of aromatic nitrogens is 2. The Kier molecular flexibility index (Phi) is 7.03. The largest absolute Gasteiger partial charge is 0.336 e. The predicted molar refractivity (Wildman–Crippen MR) is 117 cm³/mol. The van der Waals surface area contributed by atoms with Gasteiger partial charge in [0.05, 0.1) is 6.33 Å². The maximum absolute atomic E-state index is 6.04. The van der Waals surface area contributed by atoms with Gasteiger partial charge in [-0.15, -0.1) is 11.8 Å². The lowest BCUT2D eigenvalue weighted by molar-refractivity contribution is 0.495. The van der Waals surface area contributed by atoms with Crippen LogP contribution in [-0.2, 0) is 19.4 Å². The molecule has 0 bridgehead atoms. The van der Waals surface area contributed by atoms with Crippen LogP contribution in [0.15, 0.2) is 72.1 Å². The van der Waals surface area contributed by atoms with E-state index in [1.807, 2.05) is 36.4 Å². The smallest absolute Gasteiger partial charge is 0.0946 e. The first kappa shape index (κ1) is 20.0. The van der Waals surface area contributed by atoms with E-state index >= 15 is 0 Å². The Labute approximate surface area is 172 Å². The van der Waals surface area contributed by atoms with E-state index in [9.17, 15) is 0 Å². The van der Waals surface area contributed by atoms with Crippen molar-refractivity contribution in [2.75, 3.05) is 0 Å². The lowest BCUT2D eigenvalue weighted by Crippen LogP contribution is -2.27. The fourth-order valence-corrected chi connectivity index (χ4v) is 4.86. The van der Waals surface area contributed by atoms with Crippen LogP contribution in [0.5, 0.6) is 0 Å². The van der Waals surface area contributed by atoms with Crippen LogP contribution in [0, 0.1) is 0 Å². The van der Waals surface area contributed by atoms with Crippen molar-refractivity contribution in [3.8, 4) is 0 Å². The van der Waals surface area contributed by atoms with E-state index in [2.05, 4.69) is 66.0 Å². The summed E-state index contributed by atoms with van der Waals surface area (Å²) < 4.78 is 2.27. The Bertz CT molecular complexity index is 830. The van der Waals surface area contributed by atoms with Crippen LogP contribution in [-0.4, -0.2) is 14.3 Å². The lowest BCUT2D eigenvalue weighted by atomic mass is 10.00. The van der Waals surface area contributed by atoms with Crippen molar-refractivity contribution in [1.29, 1.82) is 0 Å². The second kappa shape index (κ2) is 9.48. The maximum Gasteiger partial charge on any atom is 0.0946 e. The molecule has 1 unspecified atom stereocenters. The molecule has 142 valence electrons. The number of nitrogens with zero attached hydrogens (tertiary/aromatic N) is 2. The van der Waals surface area contributed by atoms with Gasteiger partial charge < -0.3 is 4.57 Å². The number of halogens is 1. The molecule has 0 radical (unpaired) electrons. The van der Waals surface area contributed by atoms with Gasteiger partial charge in [-0.05, 0) is 55.5 Å². The van der Waals surface area contributed by atoms with Gasteiger partial charge in [-0.1, -0.05) is 55.3 Å². The molecule has 3 rings (SSSR count). The molecule has 2 aromatic carbocycles. The Morgan fingerprint density at radius 3 is 2.56 bits per heavy atom. The molecule has 0 amide bonds. The molecule has 0 aliphatic rings.